The highest BCUT2D eigenvalue weighted by molar-refractivity contribution is 6.12. The van der Waals surface area contributed by atoms with Gasteiger partial charge in [0.15, 0.2) is 5.78 Å². The van der Waals surface area contributed by atoms with E-state index in [1.807, 2.05) is 82.3 Å². The van der Waals surface area contributed by atoms with Crippen molar-refractivity contribution in [1.82, 2.24) is 0 Å². The van der Waals surface area contributed by atoms with Crippen molar-refractivity contribution in [2.24, 2.45) is 10.2 Å². The minimum atomic E-state index is 0.0257. The number of azo groups is 1. The maximum absolute atomic E-state index is 11.8. The third kappa shape index (κ3) is 5.13. The quantitative estimate of drug-likeness (QED) is 0.573. The zero-order valence-corrected chi connectivity index (χ0v) is 14.7. The molecule has 0 heterocycles. The summed E-state index contributed by atoms with van der Waals surface area (Å²) in [5.41, 5.74) is 3.29. The Bertz CT molecular complexity index is 729. The van der Waals surface area contributed by atoms with E-state index < -0.39 is 0 Å². The molecule has 0 fully saturated rings. The number of fused-ring (bicyclic) bond motifs is 1. The molecule has 1 aliphatic rings. The van der Waals surface area contributed by atoms with Crippen LogP contribution in [0.4, 0.5) is 5.69 Å². The minimum Gasteiger partial charge on any atom is -0.289 e. The first-order valence-electron chi connectivity index (χ1n) is 8.32. The SMILES string of the molecule is CC.CC.O=C1C=C/C(=C/N=Nc2ccccc2)c2ccccc21. The molecule has 3 nitrogen and oxygen atoms in total. The Kier molecular flexibility index (Phi) is 8.69. The highest BCUT2D eigenvalue weighted by Gasteiger charge is 2.14. The number of hydrogen-bond donors (Lipinski definition) is 0. The lowest BCUT2D eigenvalue weighted by molar-refractivity contribution is 0.104. The van der Waals surface area contributed by atoms with E-state index in [4.69, 9.17) is 0 Å². The summed E-state index contributed by atoms with van der Waals surface area (Å²) in [5, 5.41) is 8.21. The van der Waals surface area contributed by atoms with Crippen molar-refractivity contribution >= 4 is 17.0 Å². The summed E-state index contributed by atoms with van der Waals surface area (Å²) in [6.45, 7) is 8.00. The molecule has 0 aliphatic heterocycles. The molecule has 0 atom stereocenters. The molecular formula is C21H24N2O. The lowest BCUT2D eigenvalue weighted by Crippen LogP contribution is -2.03. The Morgan fingerprint density at radius 3 is 2.00 bits per heavy atom. The number of allylic oxidation sites excluding steroid dienone is 3. The van der Waals surface area contributed by atoms with E-state index in [2.05, 4.69) is 10.2 Å². The second-order valence-electron chi connectivity index (χ2n) is 4.38. The maximum Gasteiger partial charge on any atom is 0.186 e. The molecule has 1 aliphatic carbocycles. The van der Waals surface area contributed by atoms with Crippen LogP contribution in [0.3, 0.4) is 0 Å². The van der Waals surface area contributed by atoms with E-state index in [1.165, 1.54) is 0 Å². The number of ketones is 1. The van der Waals surface area contributed by atoms with Crippen LogP contribution in [-0.2, 0) is 0 Å². The first-order chi connectivity index (χ1) is 11.8. The molecule has 0 amide bonds. The third-order valence-corrected chi connectivity index (χ3v) is 3.04. The molecule has 0 spiro atoms. The molecule has 0 bridgehead atoms. The van der Waals surface area contributed by atoms with Crippen LogP contribution in [0.2, 0.25) is 0 Å². The van der Waals surface area contributed by atoms with E-state index >= 15 is 0 Å². The number of nitrogens with zero attached hydrogens (tertiary/aromatic N) is 2. The number of benzene rings is 2. The van der Waals surface area contributed by atoms with Crippen molar-refractivity contribution in [3.05, 3.63) is 84.1 Å². The molecule has 0 saturated heterocycles. The Balaban J connectivity index is 0.000000671. The fraction of sp³-hybridized carbons (Fsp3) is 0.190. The van der Waals surface area contributed by atoms with E-state index in [0.29, 0.717) is 5.56 Å². The molecule has 3 heteroatoms. The predicted molar refractivity (Wildman–Crippen MR) is 102 cm³/mol. The van der Waals surface area contributed by atoms with Gasteiger partial charge < -0.3 is 0 Å². The third-order valence-electron chi connectivity index (χ3n) is 3.04. The van der Waals surface area contributed by atoms with Gasteiger partial charge in [0, 0.05) is 11.1 Å². The lowest BCUT2D eigenvalue weighted by atomic mass is 9.92. The molecule has 2 aromatic rings. The van der Waals surface area contributed by atoms with Gasteiger partial charge in [-0.25, -0.2) is 0 Å². The standard InChI is InChI=1S/C17H12N2O.2C2H6/c20-17-11-10-13(15-8-4-5-9-16(15)17)12-18-19-14-6-2-1-3-7-14;2*1-2/h1-12H;2*1-2H3/b13-12-,19-18?;;. The van der Waals surface area contributed by atoms with Crippen LogP contribution in [0, 0.1) is 0 Å². The summed E-state index contributed by atoms with van der Waals surface area (Å²) in [6, 6.07) is 17.0. The zero-order valence-electron chi connectivity index (χ0n) is 14.7. The Labute approximate surface area is 144 Å². The second-order valence-corrected chi connectivity index (χ2v) is 4.38. The van der Waals surface area contributed by atoms with Gasteiger partial charge in [-0.2, -0.15) is 10.2 Å². The van der Waals surface area contributed by atoms with Crippen LogP contribution in [-0.4, -0.2) is 5.78 Å². The van der Waals surface area contributed by atoms with E-state index in [-0.39, 0.29) is 5.78 Å². The molecule has 3 rings (SSSR count). The summed E-state index contributed by atoms with van der Waals surface area (Å²) in [6.07, 6.45) is 5.01. The fourth-order valence-electron chi connectivity index (χ4n) is 2.06. The first kappa shape index (κ1) is 19.2. The zero-order chi connectivity index (χ0) is 17.8. The normalized spacial score (nSPS) is 13.7. The first-order valence-corrected chi connectivity index (χ1v) is 8.32. The smallest absolute Gasteiger partial charge is 0.186 e. The molecule has 2 aromatic carbocycles. The molecule has 124 valence electrons. The summed E-state index contributed by atoms with van der Waals surface area (Å²) in [5.74, 6) is 0.0257. The highest BCUT2D eigenvalue weighted by atomic mass is 16.1. The van der Waals surface area contributed by atoms with Gasteiger partial charge in [0.05, 0.1) is 11.9 Å². The molecule has 0 aromatic heterocycles. The van der Waals surface area contributed by atoms with Gasteiger partial charge in [0.25, 0.3) is 0 Å². The summed E-state index contributed by atoms with van der Waals surface area (Å²) in [4.78, 5) is 11.8. The molecule has 0 unspecified atom stereocenters. The topological polar surface area (TPSA) is 41.8 Å². The van der Waals surface area contributed by atoms with Gasteiger partial charge in [-0.15, -0.1) is 0 Å². The van der Waals surface area contributed by atoms with Gasteiger partial charge in [-0.1, -0.05) is 70.2 Å². The van der Waals surface area contributed by atoms with Crippen LogP contribution in [0.5, 0.6) is 0 Å². The van der Waals surface area contributed by atoms with Crippen molar-refractivity contribution in [2.75, 3.05) is 0 Å². The number of carbonyl (C=O) groups is 1. The fourth-order valence-corrected chi connectivity index (χ4v) is 2.06. The van der Waals surface area contributed by atoms with Crippen LogP contribution in [0.1, 0.15) is 43.6 Å². The maximum atomic E-state index is 11.8. The number of hydrogen-bond acceptors (Lipinski definition) is 3. The van der Waals surface area contributed by atoms with E-state index in [9.17, 15) is 4.79 Å². The average Bonchev–Trinajstić information content (AvgIpc) is 2.68. The van der Waals surface area contributed by atoms with Gasteiger partial charge in [-0.05, 0) is 29.8 Å². The van der Waals surface area contributed by atoms with Gasteiger partial charge in [0.1, 0.15) is 0 Å². The van der Waals surface area contributed by atoms with Crippen molar-refractivity contribution in [1.29, 1.82) is 0 Å². The van der Waals surface area contributed by atoms with Crippen molar-refractivity contribution in [2.45, 2.75) is 27.7 Å². The molecular weight excluding hydrogens is 296 g/mol. The van der Waals surface area contributed by atoms with Gasteiger partial charge in [-0.3, -0.25) is 4.79 Å². The van der Waals surface area contributed by atoms with Crippen molar-refractivity contribution < 1.29 is 4.79 Å². The molecule has 0 saturated carbocycles. The Hall–Kier alpha value is -2.81. The van der Waals surface area contributed by atoms with Gasteiger partial charge >= 0.3 is 0 Å². The molecule has 0 N–H and O–H groups in total. The van der Waals surface area contributed by atoms with Gasteiger partial charge in [0.2, 0.25) is 0 Å². The largest absolute Gasteiger partial charge is 0.289 e. The van der Waals surface area contributed by atoms with Crippen molar-refractivity contribution in [3.8, 4) is 0 Å². The number of carbonyl (C=O) groups excluding carboxylic acids is 1. The summed E-state index contributed by atoms with van der Waals surface area (Å²) < 4.78 is 0. The van der Waals surface area contributed by atoms with Crippen molar-refractivity contribution in [3.63, 3.8) is 0 Å². The van der Waals surface area contributed by atoms with Crippen LogP contribution < -0.4 is 0 Å². The number of rotatable bonds is 2. The summed E-state index contributed by atoms with van der Waals surface area (Å²) >= 11 is 0. The van der Waals surface area contributed by atoms with E-state index in [1.54, 1.807) is 18.4 Å². The van der Waals surface area contributed by atoms with Crippen LogP contribution >= 0.6 is 0 Å². The monoisotopic (exact) mass is 320 g/mol. The molecule has 24 heavy (non-hydrogen) atoms. The minimum absolute atomic E-state index is 0.0257. The van der Waals surface area contributed by atoms with Crippen LogP contribution in [0.25, 0.3) is 5.57 Å². The predicted octanol–water partition coefficient (Wildman–Crippen LogP) is 6.62. The second kappa shape index (κ2) is 10.8. The van der Waals surface area contributed by atoms with Crippen LogP contribution in [0.15, 0.2) is 83.2 Å². The molecule has 0 radical (unpaired) electrons. The highest BCUT2D eigenvalue weighted by Crippen LogP contribution is 2.26. The Morgan fingerprint density at radius 2 is 1.33 bits per heavy atom. The average molecular weight is 320 g/mol. The lowest BCUT2D eigenvalue weighted by Gasteiger charge is -2.11. The summed E-state index contributed by atoms with van der Waals surface area (Å²) in [7, 11) is 0. The Morgan fingerprint density at radius 1 is 0.750 bits per heavy atom. The van der Waals surface area contributed by atoms with E-state index in [0.717, 1.165) is 16.8 Å².